The lowest BCUT2D eigenvalue weighted by Gasteiger charge is -2.21. The normalized spacial score (nSPS) is 21.5. The zero-order valence-electron chi connectivity index (χ0n) is 10.2. The van der Waals surface area contributed by atoms with Crippen molar-refractivity contribution in [2.24, 2.45) is 0 Å². The van der Waals surface area contributed by atoms with Gasteiger partial charge in [0.2, 0.25) is 0 Å². The average Bonchev–Trinajstić information content (AvgIpc) is 2.42. The molecule has 0 radical (unpaired) electrons. The SMILES string of the molecule is COC(=O)C1=C(C)OC(C[Si](C)(C)C)C1. The Balaban J connectivity index is 2.59. The molecule has 0 amide bonds. The van der Waals surface area contributed by atoms with E-state index in [1.165, 1.54) is 7.11 Å². The number of ether oxygens (including phenoxy) is 2. The van der Waals surface area contributed by atoms with Crippen molar-refractivity contribution in [3.05, 3.63) is 11.3 Å². The topological polar surface area (TPSA) is 35.5 Å². The molecule has 0 aliphatic carbocycles. The van der Waals surface area contributed by atoms with E-state index >= 15 is 0 Å². The number of carbonyl (C=O) groups excluding carboxylic acids is 1. The van der Waals surface area contributed by atoms with Crippen LogP contribution in [-0.4, -0.2) is 27.3 Å². The summed E-state index contributed by atoms with van der Waals surface area (Å²) in [6.45, 7) is 8.77. The maximum absolute atomic E-state index is 11.4. The van der Waals surface area contributed by atoms with Crippen LogP contribution in [0.2, 0.25) is 25.7 Å². The Morgan fingerprint density at radius 2 is 2.13 bits per heavy atom. The quantitative estimate of drug-likeness (QED) is 0.550. The van der Waals surface area contributed by atoms with Crippen LogP contribution in [0.5, 0.6) is 0 Å². The summed E-state index contributed by atoms with van der Waals surface area (Å²) in [5.41, 5.74) is 0.709. The molecule has 15 heavy (non-hydrogen) atoms. The van der Waals surface area contributed by atoms with Crippen LogP contribution in [0.1, 0.15) is 13.3 Å². The van der Waals surface area contributed by atoms with E-state index < -0.39 is 8.07 Å². The van der Waals surface area contributed by atoms with Crippen LogP contribution in [0.3, 0.4) is 0 Å². The van der Waals surface area contributed by atoms with Crippen LogP contribution < -0.4 is 0 Å². The van der Waals surface area contributed by atoms with E-state index in [0.29, 0.717) is 12.0 Å². The first-order valence-corrected chi connectivity index (χ1v) is 8.99. The molecular weight excluding hydrogens is 208 g/mol. The van der Waals surface area contributed by atoms with E-state index in [-0.39, 0.29) is 12.1 Å². The fraction of sp³-hybridized carbons (Fsp3) is 0.727. The van der Waals surface area contributed by atoms with Gasteiger partial charge in [-0.25, -0.2) is 4.79 Å². The fourth-order valence-corrected chi connectivity index (χ4v) is 3.48. The van der Waals surface area contributed by atoms with Gasteiger partial charge in [0, 0.05) is 14.5 Å². The molecule has 0 aromatic heterocycles. The molecule has 0 saturated carbocycles. The highest BCUT2D eigenvalue weighted by molar-refractivity contribution is 6.76. The van der Waals surface area contributed by atoms with Crippen molar-refractivity contribution in [1.82, 2.24) is 0 Å². The van der Waals surface area contributed by atoms with E-state index in [1.807, 2.05) is 6.92 Å². The van der Waals surface area contributed by atoms with Gasteiger partial charge in [-0.3, -0.25) is 0 Å². The molecule has 1 aliphatic heterocycles. The minimum absolute atomic E-state index is 0.186. The number of esters is 1. The maximum Gasteiger partial charge on any atom is 0.337 e. The summed E-state index contributed by atoms with van der Waals surface area (Å²) in [6.07, 6.45) is 0.897. The summed E-state index contributed by atoms with van der Waals surface area (Å²) in [4.78, 5) is 11.4. The van der Waals surface area contributed by atoms with Crippen LogP contribution in [0.25, 0.3) is 0 Å². The molecule has 4 heteroatoms. The Kier molecular flexibility index (Phi) is 3.60. The summed E-state index contributed by atoms with van der Waals surface area (Å²) in [5.74, 6) is 0.496. The van der Waals surface area contributed by atoms with Gasteiger partial charge >= 0.3 is 5.97 Å². The minimum Gasteiger partial charge on any atom is -0.494 e. The zero-order chi connectivity index (χ0) is 11.6. The van der Waals surface area contributed by atoms with E-state index in [1.54, 1.807) is 0 Å². The van der Waals surface area contributed by atoms with Gasteiger partial charge in [-0.1, -0.05) is 19.6 Å². The second kappa shape index (κ2) is 4.39. The number of rotatable bonds is 3. The van der Waals surface area contributed by atoms with E-state index in [0.717, 1.165) is 11.8 Å². The standard InChI is InChI=1S/C11H20O3Si/c1-8-10(11(12)13-2)6-9(14-8)7-15(3,4)5/h9H,6-7H2,1-5H3. The van der Waals surface area contributed by atoms with Crippen LogP contribution in [-0.2, 0) is 14.3 Å². The lowest BCUT2D eigenvalue weighted by atomic mass is 10.1. The Morgan fingerprint density at radius 3 is 2.60 bits per heavy atom. The molecule has 1 rings (SSSR count). The molecule has 0 aromatic carbocycles. The molecule has 0 saturated heterocycles. The largest absolute Gasteiger partial charge is 0.494 e. The van der Waals surface area contributed by atoms with Crippen molar-refractivity contribution in [3.8, 4) is 0 Å². The van der Waals surface area contributed by atoms with Crippen molar-refractivity contribution < 1.29 is 14.3 Å². The monoisotopic (exact) mass is 228 g/mol. The number of hydrogen-bond acceptors (Lipinski definition) is 3. The first kappa shape index (κ1) is 12.3. The van der Waals surface area contributed by atoms with Crippen LogP contribution in [0.15, 0.2) is 11.3 Å². The molecule has 0 aromatic rings. The molecule has 1 atom stereocenters. The first-order valence-electron chi connectivity index (χ1n) is 5.28. The third kappa shape index (κ3) is 3.37. The summed E-state index contributed by atoms with van der Waals surface area (Å²) in [5, 5.41) is 0. The molecule has 0 spiro atoms. The summed E-state index contributed by atoms with van der Waals surface area (Å²) in [7, 11) is 0.281. The van der Waals surface area contributed by atoms with Crippen LogP contribution in [0, 0.1) is 0 Å². The first-order chi connectivity index (χ1) is 6.83. The molecule has 86 valence electrons. The van der Waals surface area contributed by atoms with Crippen molar-refractivity contribution in [2.45, 2.75) is 45.1 Å². The Bertz CT molecular complexity index is 289. The number of hydrogen-bond donors (Lipinski definition) is 0. The summed E-state index contributed by atoms with van der Waals surface area (Å²) in [6, 6.07) is 1.09. The van der Waals surface area contributed by atoms with Gasteiger partial charge in [-0.05, 0) is 13.0 Å². The second-order valence-electron chi connectivity index (χ2n) is 5.24. The molecule has 3 nitrogen and oxygen atoms in total. The second-order valence-corrected chi connectivity index (χ2v) is 10.8. The molecular formula is C11H20O3Si. The zero-order valence-corrected chi connectivity index (χ0v) is 11.2. The van der Waals surface area contributed by atoms with Gasteiger partial charge in [-0.15, -0.1) is 0 Å². The summed E-state index contributed by atoms with van der Waals surface area (Å²) < 4.78 is 10.4. The number of allylic oxidation sites excluding steroid dienone is 1. The van der Waals surface area contributed by atoms with Gasteiger partial charge in [-0.2, -0.15) is 0 Å². The molecule has 0 bridgehead atoms. The Morgan fingerprint density at radius 1 is 1.53 bits per heavy atom. The van der Waals surface area contributed by atoms with Crippen molar-refractivity contribution in [2.75, 3.05) is 7.11 Å². The third-order valence-electron chi connectivity index (χ3n) is 2.47. The van der Waals surface area contributed by atoms with Gasteiger partial charge in [0.05, 0.1) is 12.7 Å². The molecule has 1 heterocycles. The van der Waals surface area contributed by atoms with Crippen molar-refractivity contribution >= 4 is 14.0 Å². The predicted molar refractivity (Wildman–Crippen MR) is 62.4 cm³/mol. The molecule has 1 aliphatic rings. The summed E-state index contributed by atoms with van der Waals surface area (Å²) >= 11 is 0. The van der Waals surface area contributed by atoms with Gasteiger partial charge in [0.1, 0.15) is 11.9 Å². The highest BCUT2D eigenvalue weighted by Crippen LogP contribution is 2.30. The van der Waals surface area contributed by atoms with Crippen LogP contribution in [0.4, 0.5) is 0 Å². The smallest absolute Gasteiger partial charge is 0.337 e. The van der Waals surface area contributed by atoms with Crippen LogP contribution >= 0.6 is 0 Å². The maximum atomic E-state index is 11.4. The van der Waals surface area contributed by atoms with E-state index in [2.05, 4.69) is 19.6 Å². The highest BCUT2D eigenvalue weighted by atomic mass is 28.3. The number of carbonyl (C=O) groups is 1. The number of methoxy groups -OCH3 is 1. The van der Waals surface area contributed by atoms with Gasteiger partial charge in [0.15, 0.2) is 0 Å². The van der Waals surface area contributed by atoms with Gasteiger partial charge < -0.3 is 9.47 Å². The molecule has 0 fully saturated rings. The Hall–Kier alpha value is -0.773. The van der Waals surface area contributed by atoms with Crippen molar-refractivity contribution in [1.29, 1.82) is 0 Å². The minimum atomic E-state index is -1.13. The third-order valence-corrected chi connectivity index (χ3v) is 4.15. The lowest BCUT2D eigenvalue weighted by Crippen LogP contribution is -2.26. The molecule has 1 unspecified atom stereocenters. The van der Waals surface area contributed by atoms with Gasteiger partial charge in [0.25, 0.3) is 0 Å². The lowest BCUT2D eigenvalue weighted by molar-refractivity contribution is -0.136. The van der Waals surface area contributed by atoms with Crippen molar-refractivity contribution in [3.63, 3.8) is 0 Å². The fourth-order valence-electron chi connectivity index (χ4n) is 1.88. The predicted octanol–water partition coefficient (Wildman–Crippen LogP) is 2.56. The van der Waals surface area contributed by atoms with E-state index in [4.69, 9.17) is 9.47 Å². The Labute approximate surface area is 92.5 Å². The van der Waals surface area contributed by atoms with E-state index in [9.17, 15) is 4.79 Å². The average molecular weight is 228 g/mol. The highest BCUT2D eigenvalue weighted by Gasteiger charge is 2.31. The molecule has 0 N–H and O–H groups in total.